The Morgan fingerprint density at radius 2 is 2.45 bits per heavy atom. The van der Waals surface area contributed by atoms with Crippen molar-refractivity contribution in [1.82, 2.24) is 5.16 Å². The highest BCUT2D eigenvalue weighted by Crippen LogP contribution is 2.03. The highest BCUT2D eigenvalue weighted by Gasteiger charge is 2.06. The first-order valence-electron chi connectivity index (χ1n) is 2.99. The molecular weight excluding hydrogens is 150 g/mol. The predicted molar refractivity (Wildman–Crippen MR) is 33.8 cm³/mol. The minimum absolute atomic E-state index is 0.201. The molecule has 0 bridgehead atoms. The monoisotopic (exact) mass is 157 g/mol. The van der Waals surface area contributed by atoms with Crippen molar-refractivity contribution in [2.75, 3.05) is 0 Å². The number of carbonyl (C=O) groups is 1. The second kappa shape index (κ2) is 3.16. The number of hydrogen-bond donors (Lipinski definition) is 2. The molecule has 0 aliphatic heterocycles. The number of carboxylic acids is 1. The Bertz CT molecular complexity index is 255. The van der Waals surface area contributed by atoms with E-state index in [4.69, 9.17) is 10.2 Å². The van der Waals surface area contributed by atoms with E-state index in [1.54, 1.807) is 0 Å². The van der Waals surface area contributed by atoms with Crippen LogP contribution in [0.5, 0.6) is 0 Å². The Morgan fingerprint density at radius 3 is 2.91 bits per heavy atom. The van der Waals surface area contributed by atoms with E-state index in [0.29, 0.717) is 5.69 Å². The molecule has 0 aromatic carbocycles. The van der Waals surface area contributed by atoms with Crippen LogP contribution in [0.15, 0.2) is 10.6 Å². The maximum absolute atomic E-state index is 10.1. The third-order valence-electron chi connectivity index (χ3n) is 1.10. The number of rotatable bonds is 3. The molecule has 1 aromatic rings. The topological polar surface area (TPSA) is 83.6 Å². The van der Waals surface area contributed by atoms with Gasteiger partial charge in [0.2, 0.25) is 0 Å². The Kier molecular flexibility index (Phi) is 2.22. The Labute approximate surface area is 62.2 Å². The van der Waals surface area contributed by atoms with E-state index in [2.05, 4.69) is 9.68 Å². The molecule has 0 aliphatic rings. The van der Waals surface area contributed by atoms with Gasteiger partial charge in [-0.2, -0.15) is 0 Å². The fraction of sp³-hybridized carbons (Fsp3) is 0.333. The lowest BCUT2D eigenvalue weighted by atomic mass is 10.3. The van der Waals surface area contributed by atoms with E-state index in [1.807, 2.05) is 0 Å². The van der Waals surface area contributed by atoms with Crippen LogP contribution >= 0.6 is 0 Å². The van der Waals surface area contributed by atoms with Crippen molar-refractivity contribution >= 4 is 5.97 Å². The molecule has 0 atom stereocenters. The average molecular weight is 157 g/mol. The molecule has 2 N–H and O–H groups in total. The molecule has 1 aromatic heterocycles. The summed E-state index contributed by atoms with van der Waals surface area (Å²) < 4.78 is 4.58. The van der Waals surface area contributed by atoms with Gasteiger partial charge in [0.05, 0.1) is 6.61 Å². The van der Waals surface area contributed by atoms with Gasteiger partial charge in [-0.15, -0.1) is 0 Å². The molecule has 0 radical (unpaired) electrons. The van der Waals surface area contributed by atoms with Crippen LogP contribution in [0.1, 0.15) is 11.5 Å². The van der Waals surface area contributed by atoms with Crippen molar-refractivity contribution in [2.45, 2.75) is 13.0 Å². The third kappa shape index (κ3) is 2.05. The zero-order valence-corrected chi connectivity index (χ0v) is 5.65. The maximum Gasteiger partial charge on any atom is 0.311 e. The number of aliphatic carboxylic acids is 1. The molecule has 0 fully saturated rings. The van der Waals surface area contributed by atoms with E-state index in [-0.39, 0.29) is 18.8 Å². The molecule has 1 heterocycles. The maximum atomic E-state index is 10.1. The second-order valence-electron chi connectivity index (χ2n) is 2.01. The summed E-state index contributed by atoms with van der Waals surface area (Å²) in [5, 5.41) is 20.2. The molecule has 0 unspecified atom stereocenters. The summed E-state index contributed by atoms with van der Waals surface area (Å²) in [6.45, 7) is -0.233. The van der Waals surface area contributed by atoms with Crippen LogP contribution in [0.4, 0.5) is 0 Å². The summed E-state index contributed by atoms with van der Waals surface area (Å²) in [5.74, 6) is -0.729. The Morgan fingerprint density at radius 1 is 1.73 bits per heavy atom. The highest BCUT2D eigenvalue weighted by atomic mass is 16.5. The first-order valence-corrected chi connectivity index (χ1v) is 2.99. The molecule has 60 valence electrons. The van der Waals surface area contributed by atoms with Gasteiger partial charge < -0.3 is 14.7 Å². The molecule has 0 spiro atoms. The molecule has 0 saturated carbocycles. The lowest BCUT2D eigenvalue weighted by Crippen LogP contribution is -1.98. The van der Waals surface area contributed by atoms with Gasteiger partial charge in [0.15, 0.2) is 0 Å². The van der Waals surface area contributed by atoms with Gasteiger partial charge in [-0.25, -0.2) is 0 Å². The number of aliphatic hydroxyl groups is 1. The predicted octanol–water partition coefficient (Wildman–Crippen LogP) is -0.206. The number of hydrogen-bond acceptors (Lipinski definition) is 4. The average Bonchev–Trinajstić information content (AvgIpc) is 2.34. The summed E-state index contributed by atoms with van der Waals surface area (Å²) in [4.78, 5) is 10.1. The largest absolute Gasteiger partial charge is 0.481 e. The van der Waals surface area contributed by atoms with Gasteiger partial charge in [0, 0.05) is 6.07 Å². The van der Waals surface area contributed by atoms with Crippen molar-refractivity contribution in [3.8, 4) is 0 Å². The lowest BCUT2D eigenvalue weighted by Gasteiger charge is -1.83. The SMILES string of the molecule is O=C(O)Cc1cc(CO)no1. The van der Waals surface area contributed by atoms with E-state index in [1.165, 1.54) is 6.07 Å². The second-order valence-corrected chi connectivity index (χ2v) is 2.01. The normalized spacial score (nSPS) is 9.91. The van der Waals surface area contributed by atoms with Crippen molar-refractivity contribution in [3.63, 3.8) is 0 Å². The summed E-state index contributed by atoms with van der Waals surface area (Å²) in [7, 11) is 0. The fourth-order valence-corrected chi connectivity index (χ4v) is 0.663. The van der Waals surface area contributed by atoms with Crippen molar-refractivity contribution in [2.24, 2.45) is 0 Å². The number of carboxylic acid groups (broad SMARTS) is 1. The third-order valence-corrected chi connectivity index (χ3v) is 1.10. The summed E-state index contributed by atoms with van der Waals surface area (Å²) in [6, 6.07) is 1.41. The number of aliphatic hydroxyl groups excluding tert-OH is 1. The van der Waals surface area contributed by atoms with E-state index >= 15 is 0 Å². The molecule has 5 heteroatoms. The van der Waals surface area contributed by atoms with Crippen LogP contribution < -0.4 is 0 Å². The summed E-state index contributed by atoms with van der Waals surface area (Å²) in [5.41, 5.74) is 0.348. The van der Waals surface area contributed by atoms with Crippen LogP contribution in [0.3, 0.4) is 0 Å². The van der Waals surface area contributed by atoms with Crippen molar-refractivity contribution < 1.29 is 19.5 Å². The van der Waals surface area contributed by atoms with Gasteiger partial charge in [0.1, 0.15) is 17.9 Å². The van der Waals surface area contributed by atoms with Gasteiger partial charge in [-0.3, -0.25) is 4.79 Å². The Hall–Kier alpha value is -1.36. The van der Waals surface area contributed by atoms with Gasteiger partial charge in [-0.1, -0.05) is 5.16 Å². The van der Waals surface area contributed by atoms with Crippen LogP contribution in [0.25, 0.3) is 0 Å². The highest BCUT2D eigenvalue weighted by molar-refractivity contribution is 5.69. The van der Waals surface area contributed by atoms with Gasteiger partial charge in [0.25, 0.3) is 0 Å². The molecule has 0 aliphatic carbocycles. The zero-order valence-electron chi connectivity index (χ0n) is 5.65. The molecule has 0 saturated heterocycles. The molecule has 0 amide bonds. The summed E-state index contributed by atoms with van der Waals surface area (Å²) in [6.07, 6.45) is -0.201. The number of aromatic nitrogens is 1. The van der Waals surface area contributed by atoms with Crippen molar-refractivity contribution in [3.05, 3.63) is 17.5 Å². The first-order chi connectivity index (χ1) is 5.22. The van der Waals surface area contributed by atoms with Crippen LogP contribution in [-0.2, 0) is 17.8 Å². The quantitative estimate of drug-likeness (QED) is 0.634. The molecule has 1 rings (SSSR count). The van der Waals surface area contributed by atoms with E-state index < -0.39 is 5.97 Å². The van der Waals surface area contributed by atoms with Crippen molar-refractivity contribution in [1.29, 1.82) is 0 Å². The minimum Gasteiger partial charge on any atom is -0.481 e. The molecule has 5 nitrogen and oxygen atoms in total. The lowest BCUT2D eigenvalue weighted by molar-refractivity contribution is -0.136. The van der Waals surface area contributed by atoms with Gasteiger partial charge >= 0.3 is 5.97 Å². The first kappa shape index (κ1) is 7.74. The Balaban J connectivity index is 2.65. The van der Waals surface area contributed by atoms with Crippen LogP contribution in [-0.4, -0.2) is 21.3 Å². The van der Waals surface area contributed by atoms with Crippen LogP contribution in [0, 0.1) is 0 Å². The zero-order chi connectivity index (χ0) is 8.27. The number of nitrogens with zero attached hydrogens (tertiary/aromatic N) is 1. The van der Waals surface area contributed by atoms with Crippen LogP contribution in [0.2, 0.25) is 0 Å². The van der Waals surface area contributed by atoms with Gasteiger partial charge in [-0.05, 0) is 0 Å². The molecule has 11 heavy (non-hydrogen) atoms. The smallest absolute Gasteiger partial charge is 0.311 e. The van der Waals surface area contributed by atoms with E-state index in [0.717, 1.165) is 0 Å². The fourth-order valence-electron chi connectivity index (χ4n) is 0.663. The van der Waals surface area contributed by atoms with E-state index in [9.17, 15) is 4.79 Å². The standard InChI is InChI=1S/C6H7NO4/c8-3-4-1-5(11-7-4)2-6(9)10/h1,8H,2-3H2,(H,9,10). The molecular formula is C6H7NO4. The summed E-state index contributed by atoms with van der Waals surface area (Å²) >= 11 is 0. The minimum atomic E-state index is -0.981.